The summed E-state index contributed by atoms with van der Waals surface area (Å²) >= 11 is 1.41. The standard InChI is InChI=1S/C10H7NOS.C6H9N3O2/c12-7-9-6-11-10(13-9)8-4-2-1-3-5-8;1-2-11-6(10)4-3-5(7)9-8-4/h1-7H;3H,2H2,1H3,(H3,7,8,9). The highest BCUT2D eigenvalue weighted by molar-refractivity contribution is 7.16. The number of hydrogen-bond acceptors (Lipinski definition) is 7. The Kier molecular flexibility index (Phi) is 6.21. The highest BCUT2D eigenvalue weighted by Crippen LogP contribution is 2.23. The molecule has 2 aromatic heterocycles. The number of esters is 1. The Morgan fingerprint density at radius 3 is 2.67 bits per heavy atom. The maximum atomic E-state index is 10.9. The third-order valence-electron chi connectivity index (χ3n) is 2.74. The van der Waals surface area contributed by atoms with Crippen molar-refractivity contribution in [1.29, 1.82) is 0 Å². The van der Waals surface area contributed by atoms with Gasteiger partial charge in [0.1, 0.15) is 10.8 Å². The number of thiazole rings is 1. The molecule has 7 nitrogen and oxygen atoms in total. The number of H-pyrrole nitrogens is 1. The first kappa shape index (κ1) is 17.4. The third kappa shape index (κ3) is 4.75. The zero-order chi connectivity index (χ0) is 17.4. The molecule has 0 saturated heterocycles. The van der Waals surface area contributed by atoms with Gasteiger partial charge in [-0.05, 0) is 6.92 Å². The van der Waals surface area contributed by atoms with Crippen LogP contribution in [-0.2, 0) is 4.74 Å². The average molecular weight is 344 g/mol. The fraction of sp³-hybridized carbons (Fsp3) is 0.125. The lowest BCUT2D eigenvalue weighted by Crippen LogP contribution is -2.04. The maximum Gasteiger partial charge on any atom is 0.358 e. The van der Waals surface area contributed by atoms with Crippen LogP contribution >= 0.6 is 11.3 Å². The van der Waals surface area contributed by atoms with Gasteiger partial charge in [-0.25, -0.2) is 9.78 Å². The number of nitrogens with one attached hydrogen (secondary N) is 1. The molecule has 3 rings (SSSR count). The number of ether oxygens (including phenoxy) is 1. The van der Waals surface area contributed by atoms with E-state index in [-0.39, 0.29) is 5.69 Å². The van der Waals surface area contributed by atoms with Crippen molar-refractivity contribution in [3.63, 3.8) is 0 Å². The van der Waals surface area contributed by atoms with Gasteiger partial charge in [0.2, 0.25) is 0 Å². The van der Waals surface area contributed by atoms with Crippen molar-refractivity contribution in [2.75, 3.05) is 12.3 Å². The Morgan fingerprint density at radius 2 is 2.12 bits per heavy atom. The Morgan fingerprint density at radius 1 is 1.38 bits per heavy atom. The fourth-order valence-electron chi connectivity index (χ4n) is 1.70. The van der Waals surface area contributed by atoms with Crippen molar-refractivity contribution in [3.05, 3.63) is 53.2 Å². The van der Waals surface area contributed by atoms with Crippen LogP contribution in [0.4, 0.5) is 5.82 Å². The molecule has 0 spiro atoms. The number of aromatic amines is 1. The second kappa shape index (κ2) is 8.59. The molecule has 0 saturated carbocycles. The molecule has 124 valence electrons. The predicted octanol–water partition coefficient (Wildman–Crippen LogP) is 2.79. The molecule has 24 heavy (non-hydrogen) atoms. The third-order valence-corrected chi connectivity index (χ3v) is 3.71. The summed E-state index contributed by atoms with van der Waals surface area (Å²) in [7, 11) is 0. The van der Waals surface area contributed by atoms with E-state index in [1.165, 1.54) is 17.4 Å². The van der Waals surface area contributed by atoms with Crippen LogP contribution in [0.3, 0.4) is 0 Å². The van der Waals surface area contributed by atoms with E-state index in [0.717, 1.165) is 16.9 Å². The molecule has 0 unspecified atom stereocenters. The maximum absolute atomic E-state index is 10.9. The molecular formula is C16H16N4O3S. The summed E-state index contributed by atoms with van der Waals surface area (Å²) in [4.78, 5) is 26.1. The number of hydrogen-bond donors (Lipinski definition) is 2. The molecule has 3 N–H and O–H groups in total. The quantitative estimate of drug-likeness (QED) is 0.556. The summed E-state index contributed by atoms with van der Waals surface area (Å²) in [6.45, 7) is 2.07. The predicted molar refractivity (Wildman–Crippen MR) is 91.9 cm³/mol. The van der Waals surface area contributed by atoms with Crippen LogP contribution in [0.5, 0.6) is 0 Å². The summed E-state index contributed by atoms with van der Waals surface area (Å²) in [5.41, 5.74) is 6.56. The number of carbonyl (C=O) groups excluding carboxylic acids is 2. The van der Waals surface area contributed by atoms with Gasteiger partial charge in [0.15, 0.2) is 12.0 Å². The van der Waals surface area contributed by atoms with E-state index in [1.54, 1.807) is 13.1 Å². The van der Waals surface area contributed by atoms with Crippen LogP contribution < -0.4 is 5.73 Å². The highest BCUT2D eigenvalue weighted by Gasteiger charge is 2.09. The zero-order valence-electron chi connectivity index (χ0n) is 12.9. The van der Waals surface area contributed by atoms with Gasteiger partial charge in [-0.2, -0.15) is 5.10 Å². The fourth-order valence-corrected chi connectivity index (χ4v) is 2.44. The number of carbonyl (C=O) groups is 2. The summed E-state index contributed by atoms with van der Waals surface area (Å²) in [5, 5.41) is 6.94. The molecule has 0 amide bonds. The average Bonchev–Trinajstić information content (AvgIpc) is 3.25. The zero-order valence-corrected chi connectivity index (χ0v) is 13.7. The van der Waals surface area contributed by atoms with Crippen molar-refractivity contribution >= 4 is 29.4 Å². The molecule has 8 heteroatoms. The van der Waals surface area contributed by atoms with Crippen LogP contribution in [0.2, 0.25) is 0 Å². The molecule has 0 atom stereocenters. The minimum atomic E-state index is -0.458. The summed E-state index contributed by atoms with van der Waals surface area (Å²) in [5.74, 6) is -0.103. The number of nitrogens with zero attached hydrogens (tertiary/aromatic N) is 2. The second-order valence-electron chi connectivity index (χ2n) is 4.48. The largest absolute Gasteiger partial charge is 0.461 e. The normalized spacial score (nSPS) is 9.71. The number of nitrogen functional groups attached to an aromatic ring is 1. The molecule has 1 aromatic carbocycles. The SMILES string of the molecule is CCOC(=O)c1cc(N)[nH]n1.O=Cc1cnc(-c2ccccc2)s1. The monoisotopic (exact) mass is 344 g/mol. The number of nitrogens with two attached hydrogens (primary N) is 1. The van der Waals surface area contributed by atoms with E-state index in [1.807, 2.05) is 30.3 Å². The lowest BCUT2D eigenvalue weighted by atomic mass is 10.2. The van der Waals surface area contributed by atoms with Gasteiger partial charge < -0.3 is 10.5 Å². The van der Waals surface area contributed by atoms with Crippen molar-refractivity contribution < 1.29 is 14.3 Å². The van der Waals surface area contributed by atoms with Crippen molar-refractivity contribution in [2.45, 2.75) is 6.92 Å². The van der Waals surface area contributed by atoms with Gasteiger partial charge in [-0.3, -0.25) is 9.89 Å². The minimum Gasteiger partial charge on any atom is -0.461 e. The number of aromatic nitrogens is 3. The number of anilines is 1. The number of aldehydes is 1. The molecule has 0 aliphatic heterocycles. The van der Waals surface area contributed by atoms with E-state index in [9.17, 15) is 9.59 Å². The minimum absolute atomic E-state index is 0.212. The first-order chi connectivity index (χ1) is 11.6. The highest BCUT2D eigenvalue weighted by atomic mass is 32.1. The molecular weight excluding hydrogens is 328 g/mol. The summed E-state index contributed by atoms with van der Waals surface area (Å²) < 4.78 is 4.66. The number of rotatable bonds is 4. The van der Waals surface area contributed by atoms with Gasteiger partial charge in [0, 0.05) is 17.8 Å². The smallest absolute Gasteiger partial charge is 0.358 e. The van der Waals surface area contributed by atoms with Crippen LogP contribution in [0.1, 0.15) is 27.1 Å². The van der Waals surface area contributed by atoms with Crippen molar-refractivity contribution in [1.82, 2.24) is 15.2 Å². The van der Waals surface area contributed by atoms with Crippen LogP contribution in [0.25, 0.3) is 10.6 Å². The molecule has 0 aliphatic carbocycles. The van der Waals surface area contributed by atoms with Crippen LogP contribution in [0.15, 0.2) is 42.6 Å². The topological polar surface area (TPSA) is 111 Å². The van der Waals surface area contributed by atoms with Crippen molar-refractivity contribution in [3.8, 4) is 10.6 Å². The Labute approximate surface area is 142 Å². The lowest BCUT2D eigenvalue weighted by Gasteiger charge is -1.94. The van der Waals surface area contributed by atoms with Gasteiger partial charge in [0.25, 0.3) is 0 Å². The van der Waals surface area contributed by atoms with E-state index in [4.69, 9.17) is 5.73 Å². The lowest BCUT2D eigenvalue weighted by molar-refractivity contribution is 0.0519. The molecule has 0 aliphatic rings. The Hall–Kier alpha value is -3.00. The number of benzene rings is 1. The summed E-state index contributed by atoms with van der Waals surface area (Å²) in [6.07, 6.45) is 2.42. The first-order valence-electron chi connectivity index (χ1n) is 7.08. The van der Waals surface area contributed by atoms with Crippen molar-refractivity contribution in [2.24, 2.45) is 0 Å². The van der Waals surface area contributed by atoms with Gasteiger partial charge in [-0.15, -0.1) is 11.3 Å². The molecule has 0 radical (unpaired) electrons. The van der Waals surface area contributed by atoms with E-state index in [0.29, 0.717) is 17.3 Å². The van der Waals surface area contributed by atoms with E-state index >= 15 is 0 Å². The first-order valence-corrected chi connectivity index (χ1v) is 7.90. The second-order valence-corrected chi connectivity index (χ2v) is 5.54. The Bertz CT molecular complexity index is 799. The van der Waals surface area contributed by atoms with E-state index in [2.05, 4.69) is 19.9 Å². The van der Waals surface area contributed by atoms with Gasteiger partial charge >= 0.3 is 5.97 Å². The van der Waals surface area contributed by atoms with Gasteiger partial charge in [0.05, 0.1) is 11.5 Å². The molecule has 2 heterocycles. The molecule has 0 bridgehead atoms. The Balaban J connectivity index is 0.000000177. The molecule has 3 aromatic rings. The summed E-state index contributed by atoms with van der Waals surface area (Å²) in [6, 6.07) is 11.3. The molecule has 0 fully saturated rings. The van der Waals surface area contributed by atoms with E-state index < -0.39 is 5.97 Å². The van der Waals surface area contributed by atoms with Gasteiger partial charge in [-0.1, -0.05) is 30.3 Å². The van der Waals surface area contributed by atoms with Crippen LogP contribution in [-0.4, -0.2) is 34.0 Å². The van der Waals surface area contributed by atoms with Crippen LogP contribution in [0, 0.1) is 0 Å².